The van der Waals surface area contributed by atoms with E-state index in [1.165, 1.54) is 0 Å². The van der Waals surface area contributed by atoms with Gasteiger partial charge in [-0.05, 0) is 57.6 Å². The Kier molecular flexibility index (Phi) is 4.52. The number of benzene rings is 1. The van der Waals surface area contributed by atoms with E-state index in [0.29, 0.717) is 0 Å². The summed E-state index contributed by atoms with van der Waals surface area (Å²) < 4.78 is 2.97. The first-order valence-electron chi connectivity index (χ1n) is 8.49. The Balaban J connectivity index is 1.87. The molecule has 25 heavy (non-hydrogen) atoms. The molecule has 0 atom stereocenters. The molecule has 3 heterocycles. The second-order valence-corrected chi connectivity index (χ2v) is 8.48. The van der Waals surface area contributed by atoms with Gasteiger partial charge in [0.1, 0.15) is 10.7 Å². The molecule has 1 aliphatic heterocycles. The summed E-state index contributed by atoms with van der Waals surface area (Å²) in [5.41, 5.74) is 2.16. The summed E-state index contributed by atoms with van der Waals surface area (Å²) in [6.45, 7) is 4.01. The minimum atomic E-state index is 0.108. The van der Waals surface area contributed by atoms with Crippen molar-refractivity contribution in [3.63, 3.8) is 0 Å². The minimum absolute atomic E-state index is 0.108. The van der Waals surface area contributed by atoms with Crippen molar-refractivity contribution in [2.75, 3.05) is 20.1 Å². The molecule has 4 nitrogen and oxygen atoms in total. The predicted molar refractivity (Wildman–Crippen MR) is 108 cm³/mol. The molecule has 1 fully saturated rings. The number of nitrogens with zero attached hydrogens (tertiary/aromatic N) is 3. The van der Waals surface area contributed by atoms with Crippen LogP contribution in [-0.2, 0) is 0 Å². The Hall–Kier alpha value is -1.50. The number of aromatic nitrogens is 2. The Morgan fingerprint density at radius 3 is 2.56 bits per heavy atom. The van der Waals surface area contributed by atoms with Gasteiger partial charge < -0.3 is 4.90 Å². The van der Waals surface area contributed by atoms with E-state index in [4.69, 9.17) is 4.98 Å². The number of fused-ring (bicyclic) bond motifs is 1. The van der Waals surface area contributed by atoms with Gasteiger partial charge >= 0.3 is 0 Å². The van der Waals surface area contributed by atoms with Gasteiger partial charge in [0.05, 0.1) is 5.39 Å². The second kappa shape index (κ2) is 6.67. The monoisotopic (exact) mass is 417 g/mol. The van der Waals surface area contributed by atoms with Gasteiger partial charge in [-0.3, -0.25) is 9.36 Å². The summed E-state index contributed by atoms with van der Waals surface area (Å²) in [6, 6.07) is 8.36. The standard InChI is InChI=1S/C19H20BrN3OS/c1-12-21-18-17(16(11-25-18)13-3-5-14(20)6-4-13)19(24)23(12)15-7-9-22(2)10-8-15/h3-6,11,15H,7-10H2,1-2H3. The zero-order valence-electron chi connectivity index (χ0n) is 14.3. The van der Waals surface area contributed by atoms with Crippen LogP contribution >= 0.6 is 27.3 Å². The minimum Gasteiger partial charge on any atom is -0.306 e. The zero-order chi connectivity index (χ0) is 17.6. The van der Waals surface area contributed by atoms with Crippen molar-refractivity contribution in [1.29, 1.82) is 0 Å². The van der Waals surface area contributed by atoms with E-state index in [2.05, 4.69) is 33.3 Å². The molecule has 0 bridgehead atoms. The van der Waals surface area contributed by atoms with E-state index in [9.17, 15) is 4.79 Å². The van der Waals surface area contributed by atoms with Crippen LogP contribution in [0.5, 0.6) is 0 Å². The van der Waals surface area contributed by atoms with Crippen molar-refractivity contribution in [2.45, 2.75) is 25.8 Å². The van der Waals surface area contributed by atoms with Crippen LogP contribution in [0.3, 0.4) is 0 Å². The number of piperidine rings is 1. The summed E-state index contributed by atoms with van der Waals surface area (Å²) in [4.78, 5) is 21.3. The third-order valence-electron chi connectivity index (χ3n) is 5.02. The largest absolute Gasteiger partial charge is 0.306 e. The number of hydrogen-bond donors (Lipinski definition) is 0. The predicted octanol–water partition coefficient (Wildman–Crippen LogP) is 4.46. The van der Waals surface area contributed by atoms with E-state index in [-0.39, 0.29) is 11.6 Å². The molecule has 0 aliphatic carbocycles. The second-order valence-electron chi connectivity index (χ2n) is 6.71. The van der Waals surface area contributed by atoms with Crippen molar-refractivity contribution in [3.05, 3.63) is 50.3 Å². The van der Waals surface area contributed by atoms with E-state index in [0.717, 1.165) is 57.6 Å². The Labute approximate surface area is 159 Å². The van der Waals surface area contributed by atoms with E-state index in [1.54, 1.807) is 11.3 Å². The summed E-state index contributed by atoms with van der Waals surface area (Å²) in [5, 5.41) is 2.82. The lowest BCUT2D eigenvalue weighted by Crippen LogP contribution is -2.36. The molecule has 1 aromatic carbocycles. The SMILES string of the molecule is Cc1nc2scc(-c3ccc(Br)cc3)c2c(=O)n1C1CCN(C)CC1. The van der Waals surface area contributed by atoms with Gasteiger partial charge in [-0.1, -0.05) is 28.1 Å². The van der Waals surface area contributed by atoms with E-state index in [1.807, 2.05) is 35.8 Å². The fourth-order valence-electron chi connectivity index (χ4n) is 3.63. The van der Waals surface area contributed by atoms with E-state index < -0.39 is 0 Å². The molecule has 1 aliphatic rings. The van der Waals surface area contributed by atoms with Gasteiger partial charge in [0.25, 0.3) is 5.56 Å². The summed E-state index contributed by atoms with van der Waals surface area (Å²) >= 11 is 5.02. The lowest BCUT2D eigenvalue weighted by atomic mass is 10.0. The van der Waals surface area contributed by atoms with Crippen molar-refractivity contribution in [2.24, 2.45) is 0 Å². The average molecular weight is 418 g/mol. The van der Waals surface area contributed by atoms with Gasteiger partial charge in [0.2, 0.25) is 0 Å². The topological polar surface area (TPSA) is 38.1 Å². The summed E-state index contributed by atoms with van der Waals surface area (Å²) in [6.07, 6.45) is 2.00. The lowest BCUT2D eigenvalue weighted by Gasteiger charge is -2.31. The Bertz CT molecular complexity index is 969. The molecular formula is C19H20BrN3OS. The van der Waals surface area contributed by atoms with Crippen molar-refractivity contribution in [1.82, 2.24) is 14.5 Å². The molecule has 4 rings (SSSR count). The van der Waals surface area contributed by atoms with Crippen LogP contribution < -0.4 is 5.56 Å². The van der Waals surface area contributed by atoms with E-state index >= 15 is 0 Å². The van der Waals surface area contributed by atoms with Gasteiger partial charge in [-0.15, -0.1) is 11.3 Å². The highest BCUT2D eigenvalue weighted by Crippen LogP contribution is 2.32. The Morgan fingerprint density at radius 2 is 1.88 bits per heavy atom. The molecule has 0 radical (unpaired) electrons. The van der Waals surface area contributed by atoms with Gasteiger partial charge in [0.15, 0.2) is 0 Å². The third-order valence-corrected chi connectivity index (χ3v) is 6.43. The molecular weight excluding hydrogens is 398 g/mol. The summed E-state index contributed by atoms with van der Waals surface area (Å²) in [5.74, 6) is 0.830. The third kappa shape index (κ3) is 3.07. The number of aryl methyl sites for hydroxylation is 1. The van der Waals surface area contributed by atoms with Crippen molar-refractivity contribution in [3.8, 4) is 11.1 Å². The van der Waals surface area contributed by atoms with Crippen molar-refractivity contribution < 1.29 is 0 Å². The number of halogens is 1. The van der Waals surface area contributed by atoms with Crippen LogP contribution in [0.2, 0.25) is 0 Å². The fourth-order valence-corrected chi connectivity index (χ4v) is 4.88. The van der Waals surface area contributed by atoms with Crippen LogP contribution in [0.15, 0.2) is 38.9 Å². The molecule has 0 unspecified atom stereocenters. The Morgan fingerprint density at radius 1 is 1.20 bits per heavy atom. The smallest absolute Gasteiger partial charge is 0.263 e. The quantitative estimate of drug-likeness (QED) is 0.617. The molecule has 0 spiro atoms. The number of rotatable bonds is 2. The first kappa shape index (κ1) is 16.9. The maximum atomic E-state index is 13.4. The molecule has 0 amide bonds. The average Bonchev–Trinajstić information content (AvgIpc) is 3.01. The van der Waals surface area contributed by atoms with Crippen LogP contribution in [-0.4, -0.2) is 34.6 Å². The van der Waals surface area contributed by atoms with Gasteiger partial charge in [-0.2, -0.15) is 0 Å². The number of hydrogen-bond acceptors (Lipinski definition) is 4. The van der Waals surface area contributed by atoms with Gasteiger partial charge in [0, 0.05) is 21.5 Å². The van der Waals surface area contributed by atoms with Gasteiger partial charge in [-0.25, -0.2) is 4.98 Å². The molecule has 3 aromatic rings. The lowest BCUT2D eigenvalue weighted by molar-refractivity contribution is 0.216. The molecule has 1 saturated heterocycles. The molecule has 0 saturated carbocycles. The number of thiophene rings is 1. The fraction of sp³-hybridized carbons (Fsp3) is 0.368. The highest BCUT2D eigenvalue weighted by Gasteiger charge is 2.23. The van der Waals surface area contributed by atoms with Crippen LogP contribution in [0.25, 0.3) is 21.3 Å². The normalized spacial score (nSPS) is 16.6. The van der Waals surface area contributed by atoms with Crippen LogP contribution in [0.1, 0.15) is 24.7 Å². The van der Waals surface area contributed by atoms with Crippen LogP contribution in [0.4, 0.5) is 0 Å². The maximum absolute atomic E-state index is 13.4. The molecule has 130 valence electrons. The van der Waals surface area contributed by atoms with Crippen molar-refractivity contribution >= 4 is 37.5 Å². The molecule has 6 heteroatoms. The first-order chi connectivity index (χ1) is 12.0. The highest BCUT2D eigenvalue weighted by molar-refractivity contribution is 9.10. The zero-order valence-corrected chi connectivity index (χ0v) is 16.7. The molecule has 0 N–H and O–H groups in total. The first-order valence-corrected chi connectivity index (χ1v) is 10.2. The van der Waals surface area contributed by atoms with Crippen LogP contribution in [0, 0.1) is 6.92 Å². The summed E-state index contributed by atoms with van der Waals surface area (Å²) in [7, 11) is 2.14. The highest BCUT2D eigenvalue weighted by atomic mass is 79.9. The number of likely N-dealkylation sites (tertiary alicyclic amines) is 1. The molecule has 2 aromatic heterocycles. The maximum Gasteiger partial charge on any atom is 0.263 e.